The van der Waals surface area contributed by atoms with E-state index in [1.54, 1.807) is 13.0 Å². The van der Waals surface area contributed by atoms with Crippen LogP contribution in [-0.2, 0) is 4.79 Å². The minimum absolute atomic E-state index is 0.00707. The van der Waals surface area contributed by atoms with Crippen molar-refractivity contribution in [3.05, 3.63) is 59.8 Å². The quantitative estimate of drug-likeness (QED) is 0.571. The largest absolute Gasteiger partial charge is 0.483 e. The molecule has 1 aliphatic rings. The Balaban J connectivity index is 1.35. The van der Waals surface area contributed by atoms with Gasteiger partial charge in [0.2, 0.25) is 5.91 Å². The van der Waals surface area contributed by atoms with Crippen molar-refractivity contribution in [2.24, 2.45) is 5.92 Å². The molecule has 2 heterocycles. The van der Waals surface area contributed by atoms with Crippen molar-refractivity contribution < 1.29 is 27.1 Å². The number of amides is 1. The fraction of sp³-hybridized carbons (Fsp3) is 0.333. The van der Waals surface area contributed by atoms with E-state index in [2.05, 4.69) is 20.0 Å². The maximum atomic E-state index is 13.3. The van der Waals surface area contributed by atoms with Crippen molar-refractivity contribution in [2.45, 2.75) is 31.5 Å². The fourth-order valence-electron chi connectivity index (χ4n) is 3.55. The molecule has 158 valence electrons. The average Bonchev–Trinajstić information content (AvgIpc) is 3.39. The van der Waals surface area contributed by atoms with Crippen LogP contribution in [0.15, 0.2) is 42.7 Å². The number of nitrogens with one attached hydrogen (secondary N) is 2. The molecular formula is C21H19F4N3O2. The van der Waals surface area contributed by atoms with Gasteiger partial charge in [-0.25, -0.2) is 4.39 Å². The lowest BCUT2D eigenvalue weighted by Gasteiger charge is -2.14. The number of rotatable bonds is 6. The molecule has 5 nitrogen and oxygen atoms in total. The van der Waals surface area contributed by atoms with Crippen molar-refractivity contribution in [1.29, 1.82) is 0 Å². The number of carbonyl (C=O) groups excluding carboxylic acids is 1. The zero-order valence-corrected chi connectivity index (χ0v) is 16.0. The number of pyridine rings is 1. The van der Waals surface area contributed by atoms with Gasteiger partial charge in [0.15, 0.2) is 6.61 Å². The van der Waals surface area contributed by atoms with Gasteiger partial charge >= 0.3 is 6.18 Å². The molecule has 3 atom stereocenters. The predicted octanol–water partition coefficient (Wildman–Crippen LogP) is 4.62. The Labute approximate surface area is 169 Å². The second kappa shape index (κ2) is 7.62. The van der Waals surface area contributed by atoms with Crippen LogP contribution in [0.1, 0.15) is 36.6 Å². The molecule has 1 saturated carbocycles. The van der Waals surface area contributed by atoms with E-state index in [4.69, 9.17) is 0 Å². The topological polar surface area (TPSA) is 67.0 Å². The molecule has 2 aromatic heterocycles. The summed E-state index contributed by atoms with van der Waals surface area (Å²) in [4.78, 5) is 19.7. The summed E-state index contributed by atoms with van der Waals surface area (Å²) in [6.45, 7) is 0.367. The van der Waals surface area contributed by atoms with Gasteiger partial charge in [-0.05, 0) is 55.2 Å². The smallest absolute Gasteiger partial charge is 0.422 e. The van der Waals surface area contributed by atoms with Crippen LogP contribution in [0, 0.1) is 11.7 Å². The number of H-pyrrole nitrogens is 1. The molecular weight excluding hydrogens is 402 g/mol. The zero-order valence-electron chi connectivity index (χ0n) is 16.0. The number of carbonyl (C=O) groups is 1. The third-order valence-corrected chi connectivity index (χ3v) is 5.17. The summed E-state index contributed by atoms with van der Waals surface area (Å²) in [6.07, 6.45) is -0.707. The minimum Gasteiger partial charge on any atom is -0.483 e. The highest BCUT2D eigenvalue weighted by molar-refractivity contribution is 5.88. The summed E-state index contributed by atoms with van der Waals surface area (Å²) >= 11 is 0. The lowest BCUT2D eigenvalue weighted by Crippen LogP contribution is -2.29. The summed E-state index contributed by atoms with van der Waals surface area (Å²) in [7, 11) is 0. The predicted molar refractivity (Wildman–Crippen MR) is 101 cm³/mol. The first-order valence-corrected chi connectivity index (χ1v) is 9.43. The van der Waals surface area contributed by atoms with Gasteiger partial charge in [-0.1, -0.05) is 0 Å². The van der Waals surface area contributed by atoms with Gasteiger partial charge in [-0.3, -0.25) is 9.78 Å². The Morgan fingerprint density at radius 1 is 1.33 bits per heavy atom. The Morgan fingerprint density at radius 3 is 2.83 bits per heavy atom. The van der Waals surface area contributed by atoms with E-state index in [9.17, 15) is 22.4 Å². The molecule has 1 aromatic carbocycles. The first kappa shape index (κ1) is 20.2. The standard InChI is InChI=1S/C21H19F4N3O2/c1-11(18-5-3-13(8-26-18)30-10-21(23,24)25)28-20(29)16-7-15(16)17-9-27-19-6-12(22)2-4-14(17)19/h2-6,8-9,11,15-16,27H,7,10H2,1H3,(H,28,29)/t11-,15-,16-/m1/s1. The van der Waals surface area contributed by atoms with Gasteiger partial charge in [0.05, 0.1) is 17.9 Å². The highest BCUT2D eigenvalue weighted by atomic mass is 19.4. The normalized spacial score (nSPS) is 19.5. The Hall–Kier alpha value is -3.10. The number of nitrogens with zero attached hydrogens (tertiary/aromatic N) is 1. The van der Waals surface area contributed by atoms with Crippen LogP contribution >= 0.6 is 0 Å². The average molecular weight is 421 g/mol. The Bertz CT molecular complexity index is 1060. The minimum atomic E-state index is -4.42. The zero-order chi connectivity index (χ0) is 21.5. The number of hydrogen-bond donors (Lipinski definition) is 2. The molecule has 2 N–H and O–H groups in total. The van der Waals surface area contributed by atoms with Gasteiger partial charge in [-0.2, -0.15) is 13.2 Å². The van der Waals surface area contributed by atoms with Crippen LogP contribution < -0.4 is 10.1 Å². The van der Waals surface area contributed by atoms with Crippen LogP contribution in [0.5, 0.6) is 5.75 Å². The number of benzene rings is 1. The van der Waals surface area contributed by atoms with Gasteiger partial charge in [0.1, 0.15) is 11.6 Å². The number of halogens is 4. The van der Waals surface area contributed by atoms with E-state index in [0.717, 1.165) is 10.9 Å². The lowest BCUT2D eigenvalue weighted by atomic mass is 10.1. The van der Waals surface area contributed by atoms with Crippen LogP contribution in [0.2, 0.25) is 0 Å². The molecule has 30 heavy (non-hydrogen) atoms. The maximum absolute atomic E-state index is 13.3. The van der Waals surface area contributed by atoms with E-state index in [-0.39, 0.29) is 29.3 Å². The van der Waals surface area contributed by atoms with Crippen molar-refractivity contribution >= 4 is 16.8 Å². The molecule has 0 radical (unpaired) electrons. The molecule has 1 amide bonds. The van der Waals surface area contributed by atoms with E-state index in [0.29, 0.717) is 17.6 Å². The monoisotopic (exact) mass is 421 g/mol. The van der Waals surface area contributed by atoms with Crippen molar-refractivity contribution in [3.8, 4) is 5.75 Å². The van der Waals surface area contributed by atoms with E-state index >= 15 is 0 Å². The summed E-state index contributed by atoms with van der Waals surface area (Å²) in [5.74, 6) is -0.568. The molecule has 0 bridgehead atoms. The Morgan fingerprint density at radius 2 is 2.13 bits per heavy atom. The highest BCUT2D eigenvalue weighted by Gasteiger charge is 2.45. The number of ether oxygens (including phenoxy) is 1. The molecule has 0 spiro atoms. The number of aromatic nitrogens is 2. The first-order valence-electron chi connectivity index (χ1n) is 9.43. The first-order chi connectivity index (χ1) is 14.2. The summed E-state index contributed by atoms with van der Waals surface area (Å²) in [6, 6.07) is 7.03. The SMILES string of the molecule is C[C@@H](NC(=O)[C@@H]1C[C@H]1c1c[nH]c2cc(F)ccc12)c1ccc(OCC(F)(F)F)cn1. The van der Waals surface area contributed by atoms with Gasteiger partial charge in [-0.15, -0.1) is 0 Å². The number of aromatic amines is 1. The fourth-order valence-corrected chi connectivity index (χ4v) is 3.55. The third kappa shape index (κ3) is 4.39. The van der Waals surface area contributed by atoms with Crippen LogP contribution in [0.25, 0.3) is 10.9 Å². The third-order valence-electron chi connectivity index (χ3n) is 5.17. The van der Waals surface area contributed by atoms with Crippen LogP contribution in [-0.4, -0.2) is 28.7 Å². The van der Waals surface area contributed by atoms with E-state index in [1.807, 2.05) is 6.20 Å². The lowest BCUT2D eigenvalue weighted by molar-refractivity contribution is -0.153. The van der Waals surface area contributed by atoms with Gasteiger partial charge < -0.3 is 15.0 Å². The maximum Gasteiger partial charge on any atom is 0.422 e. The summed E-state index contributed by atoms with van der Waals surface area (Å²) in [5, 5.41) is 3.79. The summed E-state index contributed by atoms with van der Waals surface area (Å²) in [5.41, 5.74) is 2.20. The highest BCUT2D eigenvalue weighted by Crippen LogP contribution is 2.49. The molecule has 1 aliphatic carbocycles. The van der Waals surface area contributed by atoms with Gasteiger partial charge in [0, 0.05) is 23.0 Å². The number of alkyl halides is 3. The van der Waals surface area contributed by atoms with Crippen LogP contribution in [0.3, 0.4) is 0 Å². The Kier molecular flexibility index (Phi) is 5.13. The van der Waals surface area contributed by atoms with Crippen LogP contribution in [0.4, 0.5) is 17.6 Å². The molecule has 4 rings (SSSR count). The molecule has 3 aromatic rings. The second-order valence-electron chi connectivity index (χ2n) is 7.44. The molecule has 9 heteroatoms. The molecule has 0 aliphatic heterocycles. The van der Waals surface area contributed by atoms with Gasteiger partial charge in [0.25, 0.3) is 0 Å². The van der Waals surface area contributed by atoms with Crippen molar-refractivity contribution in [2.75, 3.05) is 6.61 Å². The van der Waals surface area contributed by atoms with Crippen molar-refractivity contribution in [1.82, 2.24) is 15.3 Å². The number of hydrogen-bond acceptors (Lipinski definition) is 3. The van der Waals surface area contributed by atoms with E-state index < -0.39 is 18.8 Å². The number of fused-ring (bicyclic) bond motifs is 1. The van der Waals surface area contributed by atoms with Crippen molar-refractivity contribution in [3.63, 3.8) is 0 Å². The molecule has 1 fully saturated rings. The summed E-state index contributed by atoms with van der Waals surface area (Å²) < 4.78 is 54.6. The van der Waals surface area contributed by atoms with E-state index in [1.165, 1.54) is 30.5 Å². The molecule has 0 saturated heterocycles. The molecule has 0 unspecified atom stereocenters. The second-order valence-corrected chi connectivity index (χ2v) is 7.44.